The molecule has 29 heavy (non-hydrogen) atoms. The highest BCUT2D eigenvalue weighted by Crippen LogP contribution is 2.45. The molecule has 0 spiro atoms. The fraction of sp³-hybridized carbons (Fsp3) is 0.222. The van der Waals surface area contributed by atoms with Crippen LogP contribution >= 0.6 is 0 Å². The maximum absolute atomic E-state index is 14.4. The van der Waals surface area contributed by atoms with E-state index in [2.05, 4.69) is 4.98 Å². The standard InChI is InChI=1S/C18H13F5N2O4/c19-8-2-3-9(12(20)6-8)13-11(18(21,22)23)7-10-14(15(13)29-5-1-4-26)24-17(28)25-16(10)27/h2-3,6-7,26H,1,4-5H2,(H2,24,25,27,28). The average Bonchev–Trinajstić information content (AvgIpc) is 2.61. The van der Waals surface area contributed by atoms with Crippen LogP contribution in [0.4, 0.5) is 22.0 Å². The van der Waals surface area contributed by atoms with Crippen molar-refractivity contribution in [3.63, 3.8) is 0 Å². The number of hydrogen-bond acceptors (Lipinski definition) is 4. The van der Waals surface area contributed by atoms with Crippen LogP contribution in [0.3, 0.4) is 0 Å². The Kier molecular flexibility index (Phi) is 5.42. The number of aliphatic hydroxyl groups excluding tert-OH is 1. The summed E-state index contributed by atoms with van der Waals surface area (Å²) in [5.41, 5.74) is -5.36. The van der Waals surface area contributed by atoms with Gasteiger partial charge in [-0.1, -0.05) is 0 Å². The summed E-state index contributed by atoms with van der Waals surface area (Å²) in [6.45, 7) is -0.647. The van der Waals surface area contributed by atoms with Crippen LogP contribution in [0, 0.1) is 11.6 Å². The van der Waals surface area contributed by atoms with Crippen molar-refractivity contribution in [3.05, 3.63) is 62.3 Å². The SMILES string of the molecule is O=c1[nH]c(=O)c2cc(C(F)(F)F)c(-c3ccc(F)cc3F)c(OCCCO)c2[nH]1. The second-order valence-electron chi connectivity index (χ2n) is 6.01. The first-order valence-electron chi connectivity index (χ1n) is 8.23. The lowest BCUT2D eigenvalue weighted by molar-refractivity contribution is -0.137. The Morgan fingerprint density at radius 3 is 2.41 bits per heavy atom. The molecule has 6 nitrogen and oxygen atoms in total. The Balaban J connectivity index is 2.49. The molecule has 0 amide bonds. The summed E-state index contributed by atoms with van der Waals surface area (Å²) in [4.78, 5) is 27.7. The van der Waals surface area contributed by atoms with E-state index in [4.69, 9.17) is 9.84 Å². The van der Waals surface area contributed by atoms with Crippen molar-refractivity contribution in [2.75, 3.05) is 13.2 Å². The molecule has 0 aliphatic heterocycles. The molecule has 154 valence electrons. The molecule has 3 N–H and O–H groups in total. The normalized spacial score (nSPS) is 11.8. The van der Waals surface area contributed by atoms with Gasteiger partial charge in [-0.25, -0.2) is 13.6 Å². The summed E-state index contributed by atoms with van der Waals surface area (Å²) in [5.74, 6) is -2.92. The van der Waals surface area contributed by atoms with Gasteiger partial charge in [0.25, 0.3) is 5.56 Å². The minimum Gasteiger partial charge on any atom is -0.491 e. The first-order chi connectivity index (χ1) is 13.6. The molecule has 3 rings (SSSR count). The Labute approximate surface area is 158 Å². The molecular weight excluding hydrogens is 403 g/mol. The van der Waals surface area contributed by atoms with Crippen LogP contribution in [0.1, 0.15) is 12.0 Å². The number of hydrogen-bond donors (Lipinski definition) is 3. The van der Waals surface area contributed by atoms with E-state index in [0.717, 1.165) is 12.1 Å². The molecule has 2 aromatic carbocycles. The fourth-order valence-electron chi connectivity index (χ4n) is 2.84. The number of ether oxygens (including phenoxy) is 1. The maximum atomic E-state index is 14.4. The number of halogens is 5. The molecule has 11 heteroatoms. The Hall–Kier alpha value is -3.21. The van der Waals surface area contributed by atoms with Crippen LogP contribution < -0.4 is 16.0 Å². The molecule has 0 saturated heterocycles. The molecular formula is C18H13F5N2O4. The third-order valence-corrected chi connectivity index (χ3v) is 4.05. The van der Waals surface area contributed by atoms with Crippen LogP contribution in [0.25, 0.3) is 22.0 Å². The van der Waals surface area contributed by atoms with E-state index in [0.29, 0.717) is 12.1 Å². The number of rotatable bonds is 5. The topological polar surface area (TPSA) is 95.2 Å². The number of aromatic nitrogens is 2. The quantitative estimate of drug-likeness (QED) is 0.440. The summed E-state index contributed by atoms with van der Waals surface area (Å²) < 4.78 is 74.3. The zero-order chi connectivity index (χ0) is 21.3. The van der Waals surface area contributed by atoms with E-state index >= 15 is 0 Å². The van der Waals surface area contributed by atoms with Crippen molar-refractivity contribution >= 4 is 10.9 Å². The molecule has 3 aromatic rings. The highest BCUT2D eigenvalue weighted by molar-refractivity contribution is 5.94. The van der Waals surface area contributed by atoms with Crippen LogP contribution in [0.5, 0.6) is 5.75 Å². The van der Waals surface area contributed by atoms with Crippen molar-refractivity contribution in [1.29, 1.82) is 0 Å². The maximum Gasteiger partial charge on any atom is 0.417 e. The Morgan fingerprint density at radius 2 is 1.79 bits per heavy atom. The monoisotopic (exact) mass is 416 g/mol. The molecule has 0 unspecified atom stereocenters. The lowest BCUT2D eigenvalue weighted by Crippen LogP contribution is -2.23. The predicted octanol–water partition coefficient (Wildman–Crippen LogP) is 2.94. The van der Waals surface area contributed by atoms with E-state index in [-0.39, 0.29) is 25.2 Å². The van der Waals surface area contributed by atoms with E-state index in [9.17, 15) is 31.5 Å². The number of aliphatic hydroxyl groups is 1. The Bertz CT molecular complexity index is 1180. The van der Waals surface area contributed by atoms with Crippen LogP contribution in [-0.2, 0) is 6.18 Å². The highest BCUT2D eigenvalue weighted by atomic mass is 19.4. The summed E-state index contributed by atoms with van der Waals surface area (Å²) >= 11 is 0. The Morgan fingerprint density at radius 1 is 1.07 bits per heavy atom. The lowest BCUT2D eigenvalue weighted by Gasteiger charge is -2.20. The number of alkyl halides is 3. The summed E-state index contributed by atoms with van der Waals surface area (Å²) in [6.07, 6.45) is -5.03. The molecule has 1 aromatic heterocycles. The molecule has 1 heterocycles. The third kappa shape index (κ3) is 3.99. The minimum absolute atomic E-state index is 0.0104. The van der Waals surface area contributed by atoms with Gasteiger partial charge in [-0.2, -0.15) is 13.2 Å². The van der Waals surface area contributed by atoms with Gasteiger partial charge < -0.3 is 14.8 Å². The van der Waals surface area contributed by atoms with Gasteiger partial charge in [-0.3, -0.25) is 9.78 Å². The molecule has 0 aliphatic carbocycles. The van der Waals surface area contributed by atoms with Crippen molar-refractivity contribution in [2.45, 2.75) is 12.6 Å². The molecule has 0 fully saturated rings. The average molecular weight is 416 g/mol. The van der Waals surface area contributed by atoms with E-state index < -0.39 is 56.9 Å². The van der Waals surface area contributed by atoms with Gasteiger partial charge >= 0.3 is 11.9 Å². The van der Waals surface area contributed by atoms with Gasteiger partial charge in [0.15, 0.2) is 5.75 Å². The molecule has 0 bridgehead atoms. The fourth-order valence-corrected chi connectivity index (χ4v) is 2.84. The van der Waals surface area contributed by atoms with Crippen molar-refractivity contribution < 1.29 is 31.8 Å². The van der Waals surface area contributed by atoms with E-state index in [1.807, 2.05) is 4.98 Å². The zero-order valence-electron chi connectivity index (χ0n) is 14.5. The third-order valence-electron chi connectivity index (χ3n) is 4.05. The first kappa shape index (κ1) is 20.5. The second-order valence-corrected chi connectivity index (χ2v) is 6.01. The second kappa shape index (κ2) is 7.66. The van der Waals surface area contributed by atoms with Gasteiger partial charge in [0.2, 0.25) is 0 Å². The number of nitrogens with one attached hydrogen (secondary N) is 2. The highest BCUT2D eigenvalue weighted by Gasteiger charge is 2.37. The van der Waals surface area contributed by atoms with Gasteiger partial charge in [0, 0.05) is 30.2 Å². The van der Waals surface area contributed by atoms with Gasteiger partial charge in [0.05, 0.1) is 23.1 Å². The summed E-state index contributed by atoms with van der Waals surface area (Å²) in [6, 6.07) is 2.42. The van der Waals surface area contributed by atoms with Crippen LogP contribution in [0.15, 0.2) is 33.9 Å². The molecule has 0 saturated carbocycles. The van der Waals surface area contributed by atoms with Gasteiger partial charge in [-0.05, 0) is 18.2 Å². The van der Waals surface area contributed by atoms with Gasteiger partial charge in [0.1, 0.15) is 11.6 Å². The summed E-state index contributed by atoms with van der Waals surface area (Å²) in [5, 5.41) is 8.38. The van der Waals surface area contributed by atoms with E-state index in [1.165, 1.54) is 0 Å². The lowest BCUT2D eigenvalue weighted by atomic mass is 9.95. The number of fused-ring (bicyclic) bond motifs is 1. The van der Waals surface area contributed by atoms with Crippen molar-refractivity contribution in [2.24, 2.45) is 0 Å². The van der Waals surface area contributed by atoms with Gasteiger partial charge in [-0.15, -0.1) is 0 Å². The molecule has 0 atom stereocenters. The molecule has 0 radical (unpaired) electrons. The smallest absolute Gasteiger partial charge is 0.417 e. The zero-order valence-corrected chi connectivity index (χ0v) is 14.5. The van der Waals surface area contributed by atoms with Crippen LogP contribution in [-0.4, -0.2) is 28.3 Å². The number of benzene rings is 2. The van der Waals surface area contributed by atoms with Crippen LogP contribution in [0.2, 0.25) is 0 Å². The largest absolute Gasteiger partial charge is 0.491 e. The number of H-pyrrole nitrogens is 2. The molecule has 0 aliphatic rings. The first-order valence-corrected chi connectivity index (χ1v) is 8.23. The van der Waals surface area contributed by atoms with Crippen molar-refractivity contribution in [1.82, 2.24) is 9.97 Å². The predicted molar refractivity (Wildman–Crippen MR) is 92.7 cm³/mol. The van der Waals surface area contributed by atoms with Crippen molar-refractivity contribution in [3.8, 4) is 16.9 Å². The summed E-state index contributed by atoms with van der Waals surface area (Å²) in [7, 11) is 0. The minimum atomic E-state index is -5.04. The van der Waals surface area contributed by atoms with E-state index in [1.54, 1.807) is 0 Å². The number of aromatic amines is 2.